The molecule has 2 rings (SSSR count). The summed E-state index contributed by atoms with van der Waals surface area (Å²) in [5, 5.41) is 0. The van der Waals surface area contributed by atoms with Gasteiger partial charge in [0.15, 0.2) is 24.4 Å². The van der Waals surface area contributed by atoms with Gasteiger partial charge in [0, 0.05) is 37.5 Å². The van der Waals surface area contributed by atoms with Crippen molar-refractivity contribution >= 4 is 17.7 Å². The monoisotopic (exact) mass is 302 g/mol. The molecule has 2 aromatic rings. The van der Waals surface area contributed by atoms with Crippen LogP contribution in [0.3, 0.4) is 0 Å². The zero-order chi connectivity index (χ0) is 14.5. The quantitative estimate of drug-likeness (QED) is 0.440. The van der Waals surface area contributed by atoms with Crippen molar-refractivity contribution in [2.75, 3.05) is 19.0 Å². The third-order valence-corrected chi connectivity index (χ3v) is 3.09. The number of ketones is 1. The van der Waals surface area contributed by atoms with Crippen LogP contribution in [0.5, 0.6) is 0 Å². The predicted octanol–water partition coefficient (Wildman–Crippen LogP) is -0.294. The summed E-state index contributed by atoms with van der Waals surface area (Å²) in [5.41, 5.74) is 2.98. The number of allylic oxidation sites excluding steroid dienone is 1. The summed E-state index contributed by atoms with van der Waals surface area (Å²) in [7, 11) is 3.99. The van der Waals surface area contributed by atoms with E-state index in [1.165, 1.54) is 0 Å². The van der Waals surface area contributed by atoms with E-state index >= 15 is 0 Å². The van der Waals surface area contributed by atoms with E-state index in [1.807, 2.05) is 79.3 Å². The van der Waals surface area contributed by atoms with Gasteiger partial charge in [-0.1, -0.05) is 29.8 Å². The number of anilines is 1. The first-order chi connectivity index (χ1) is 9.56. The fraction of sp³-hybridized carbons (Fsp3) is 0.176. The summed E-state index contributed by atoms with van der Waals surface area (Å²) >= 11 is 0. The second-order valence-electron chi connectivity index (χ2n) is 4.94. The lowest BCUT2D eigenvalue weighted by molar-refractivity contribution is -0.568. The lowest BCUT2D eigenvalue weighted by Crippen LogP contribution is -3.00. The largest absolute Gasteiger partial charge is 1.00 e. The van der Waals surface area contributed by atoms with Gasteiger partial charge in [-0.15, -0.1) is 0 Å². The smallest absolute Gasteiger partial charge is 0.191 e. The molecule has 0 fully saturated rings. The zero-order valence-electron chi connectivity index (χ0n) is 12.5. The first-order valence-electron chi connectivity index (χ1n) is 6.53. The van der Waals surface area contributed by atoms with Crippen molar-refractivity contribution in [1.82, 2.24) is 0 Å². The van der Waals surface area contributed by atoms with Gasteiger partial charge in [-0.05, 0) is 6.92 Å². The fourth-order valence-electron chi connectivity index (χ4n) is 1.80. The Bertz CT molecular complexity index is 616. The molecule has 0 aliphatic heterocycles. The third-order valence-electron chi connectivity index (χ3n) is 3.09. The molecule has 1 heterocycles. The maximum absolute atomic E-state index is 12.0. The molecule has 1 aromatic carbocycles. The minimum atomic E-state index is 0. The molecular formula is C17H19ClN2O. The van der Waals surface area contributed by atoms with E-state index in [0.29, 0.717) is 5.56 Å². The molecule has 1 aromatic heterocycles. The number of aryl methyl sites for hydroxylation is 1. The number of carbonyl (C=O) groups excluding carboxylic acids is 1. The Labute approximate surface area is 131 Å². The van der Waals surface area contributed by atoms with Crippen molar-refractivity contribution in [2.45, 2.75) is 6.92 Å². The molecule has 0 aliphatic carbocycles. The second-order valence-corrected chi connectivity index (χ2v) is 4.94. The van der Waals surface area contributed by atoms with Crippen LogP contribution in [-0.2, 0) is 0 Å². The highest BCUT2D eigenvalue weighted by atomic mass is 35.5. The minimum Gasteiger partial charge on any atom is -1.00 e. The highest BCUT2D eigenvalue weighted by Crippen LogP contribution is 2.06. The SMILES string of the molecule is Cc1ccc(C(=O)C=C[n+]2ccc(N(C)C)cc2)cc1.[Cl-]. The van der Waals surface area contributed by atoms with E-state index in [1.54, 1.807) is 12.3 Å². The lowest BCUT2D eigenvalue weighted by atomic mass is 10.1. The number of hydrogen-bond acceptors (Lipinski definition) is 2. The number of nitrogens with zero attached hydrogens (tertiary/aromatic N) is 2. The molecule has 3 nitrogen and oxygen atoms in total. The van der Waals surface area contributed by atoms with E-state index in [-0.39, 0.29) is 18.2 Å². The van der Waals surface area contributed by atoms with Crippen LogP contribution in [-0.4, -0.2) is 19.9 Å². The molecule has 0 saturated heterocycles. The number of carbonyl (C=O) groups is 1. The molecule has 0 spiro atoms. The van der Waals surface area contributed by atoms with Crippen LogP contribution < -0.4 is 21.9 Å². The Kier molecular flexibility index (Phi) is 6.12. The maximum atomic E-state index is 12.0. The fourth-order valence-corrected chi connectivity index (χ4v) is 1.80. The van der Waals surface area contributed by atoms with Crippen molar-refractivity contribution in [3.8, 4) is 0 Å². The van der Waals surface area contributed by atoms with E-state index in [2.05, 4.69) is 0 Å². The van der Waals surface area contributed by atoms with Crippen LogP contribution in [0.4, 0.5) is 5.69 Å². The molecule has 4 heteroatoms. The number of pyridine rings is 1. The zero-order valence-corrected chi connectivity index (χ0v) is 13.2. The van der Waals surface area contributed by atoms with E-state index in [9.17, 15) is 4.79 Å². The molecule has 0 bridgehead atoms. The first kappa shape index (κ1) is 16.9. The number of benzene rings is 1. The van der Waals surface area contributed by atoms with Gasteiger partial charge >= 0.3 is 0 Å². The van der Waals surface area contributed by atoms with Gasteiger partial charge in [-0.3, -0.25) is 4.79 Å². The van der Waals surface area contributed by atoms with Crippen LogP contribution >= 0.6 is 0 Å². The molecule has 0 unspecified atom stereocenters. The summed E-state index contributed by atoms with van der Waals surface area (Å²) in [6.45, 7) is 2.01. The van der Waals surface area contributed by atoms with Gasteiger partial charge in [-0.2, -0.15) is 4.57 Å². The van der Waals surface area contributed by atoms with Crippen LogP contribution in [0.25, 0.3) is 6.20 Å². The van der Waals surface area contributed by atoms with Gasteiger partial charge < -0.3 is 17.3 Å². The summed E-state index contributed by atoms with van der Waals surface area (Å²) < 4.78 is 1.86. The van der Waals surface area contributed by atoms with Gasteiger partial charge in [0.1, 0.15) is 0 Å². The average Bonchev–Trinajstić information content (AvgIpc) is 2.46. The van der Waals surface area contributed by atoms with Crippen molar-refractivity contribution in [3.63, 3.8) is 0 Å². The van der Waals surface area contributed by atoms with Gasteiger partial charge in [0.05, 0.1) is 6.08 Å². The average molecular weight is 303 g/mol. The molecule has 110 valence electrons. The normalized spacial score (nSPS) is 10.2. The maximum Gasteiger partial charge on any atom is 0.191 e. The molecule has 0 N–H and O–H groups in total. The minimum absolute atomic E-state index is 0. The topological polar surface area (TPSA) is 24.2 Å². The highest BCUT2D eigenvalue weighted by Gasteiger charge is 2.03. The summed E-state index contributed by atoms with van der Waals surface area (Å²) in [6, 6.07) is 11.6. The number of hydrogen-bond donors (Lipinski definition) is 0. The van der Waals surface area contributed by atoms with E-state index in [4.69, 9.17) is 0 Å². The molecule has 0 atom stereocenters. The first-order valence-corrected chi connectivity index (χ1v) is 6.53. The molecule has 0 radical (unpaired) electrons. The summed E-state index contributed by atoms with van der Waals surface area (Å²) in [6.07, 6.45) is 7.20. The van der Waals surface area contributed by atoms with Crippen molar-refractivity contribution in [2.24, 2.45) is 0 Å². The standard InChI is InChI=1S/C17H19N2O.ClH/c1-14-4-6-15(7-5-14)17(20)10-13-19-11-8-16(9-12-19)18(2)3;/h4-13H,1-3H3;1H/q+1;/p-1. The van der Waals surface area contributed by atoms with Crippen LogP contribution in [0.15, 0.2) is 54.9 Å². The van der Waals surface area contributed by atoms with Gasteiger partial charge in [0.25, 0.3) is 0 Å². The lowest BCUT2D eigenvalue weighted by Gasteiger charge is -2.09. The molecule has 0 saturated carbocycles. The number of rotatable bonds is 4. The molecular weight excluding hydrogens is 284 g/mol. The van der Waals surface area contributed by atoms with Gasteiger partial charge in [0.2, 0.25) is 0 Å². The van der Waals surface area contributed by atoms with E-state index < -0.39 is 0 Å². The Morgan fingerprint density at radius 2 is 1.62 bits per heavy atom. The van der Waals surface area contributed by atoms with Crippen molar-refractivity contribution in [1.29, 1.82) is 0 Å². The summed E-state index contributed by atoms with van der Waals surface area (Å²) in [5.74, 6) is 0.00851. The van der Waals surface area contributed by atoms with Crippen LogP contribution in [0, 0.1) is 6.92 Å². The highest BCUT2D eigenvalue weighted by molar-refractivity contribution is 6.05. The molecule has 0 aliphatic rings. The Hall–Kier alpha value is -2.13. The third kappa shape index (κ3) is 4.72. The van der Waals surface area contributed by atoms with Crippen molar-refractivity contribution in [3.05, 3.63) is 66.0 Å². The second kappa shape index (κ2) is 7.60. The Morgan fingerprint density at radius 3 is 2.14 bits per heavy atom. The predicted molar refractivity (Wildman–Crippen MR) is 81.8 cm³/mol. The number of halogens is 1. The van der Waals surface area contributed by atoms with Crippen LogP contribution in [0.2, 0.25) is 0 Å². The Balaban J connectivity index is 0.00000220. The van der Waals surface area contributed by atoms with Crippen molar-refractivity contribution < 1.29 is 21.8 Å². The van der Waals surface area contributed by atoms with E-state index in [0.717, 1.165) is 11.3 Å². The van der Waals surface area contributed by atoms with Gasteiger partial charge in [-0.25, -0.2) is 0 Å². The molecule has 21 heavy (non-hydrogen) atoms. The Morgan fingerprint density at radius 1 is 1.05 bits per heavy atom. The number of aromatic nitrogens is 1. The van der Waals surface area contributed by atoms with Crippen LogP contribution in [0.1, 0.15) is 15.9 Å². The molecule has 0 amide bonds. The summed E-state index contributed by atoms with van der Waals surface area (Å²) in [4.78, 5) is 14.0.